The van der Waals surface area contributed by atoms with Crippen LogP contribution in [0.4, 0.5) is 5.95 Å². The summed E-state index contributed by atoms with van der Waals surface area (Å²) in [6.45, 7) is 1.77. The molecule has 86 valence electrons. The van der Waals surface area contributed by atoms with Crippen molar-refractivity contribution in [3.63, 3.8) is 0 Å². The molecule has 1 aromatic heterocycles. The van der Waals surface area contributed by atoms with E-state index in [-0.39, 0.29) is 17.8 Å². The monoisotopic (exact) mass is 240 g/mol. The molecule has 2 N–H and O–H groups in total. The lowest BCUT2D eigenvalue weighted by atomic mass is 9.97. The number of anilines is 1. The number of rotatable bonds is 2. The third-order valence-electron chi connectivity index (χ3n) is 2.57. The van der Waals surface area contributed by atoms with Crippen molar-refractivity contribution in [3.05, 3.63) is 17.4 Å². The molecule has 0 unspecified atom stereocenters. The Bertz CT molecular complexity index is 379. The maximum absolute atomic E-state index is 11.8. The number of amides is 1. The number of hydrogen-bond acceptors (Lipinski definition) is 4. The van der Waals surface area contributed by atoms with Crippen molar-refractivity contribution in [2.45, 2.75) is 12.8 Å². The molecule has 16 heavy (non-hydrogen) atoms. The second-order valence-corrected chi connectivity index (χ2v) is 4.10. The van der Waals surface area contributed by atoms with Crippen LogP contribution in [0.5, 0.6) is 0 Å². The van der Waals surface area contributed by atoms with Crippen LogP contribution in [0.15, 0.2) is 12.3 Å². The zero-order valence-electron chi connectivity index (χ0n) is 8.74. The average Bonchev–Trinajstić information content (AvgIpc) is 2.30. The van der Waals surface area contributed by atoms with E-state index in [1.165, 1.54) is 6.20 Å². The number of halogens is 1. The van der Waals surface area contributed by atoms with Gasteiger partial charge in [0.25, 0.3) is 0 Å². The molecule has 6 heteroatoms. The molecular weight excluding hydrogens is 228 g/mol. The van der Waals surface area contributed by atoms with Gasteiger partial charge in [0.1, 0.15) is 5.15 Å². The van der Waals surface area contributed by atoms with Crippen molar-refractivity contribution in [1.29, 1.82) is 0 Å². The lowest BCUT2D eigenvalue weighted by Crippen LogP contribution is -2.34. The molecule has 0 aromatic carbocycles. The molecule has 1 aromatic rings. The smallest absolute Gasteiger partial charge is 0.230 e. The highest BCUT2D eigenvalue weighted by Crippen LogP contribution is 2.14. The second kappa shape index (κ2) is 5.23. The van der Waals surface area contributed by atoms with Crippen molar-refractivity contribution >= 4 is 23.5 Å². The van der Waals surface area contributed by atoms with E-state index in [2.05, 4.69) is 20.6 Å². The van der Waals surface area contributed by atoms with Gasteiger partial charge >= 0.3 is 0 Å². The third kappa shape index (κ3) is 2.90. The van der Waals surface area contributed by atoms with Crippen LogP contribution in [0.2, 0.25) is 5.15 Å². The highest BCUT2D eigenvalue weighted by atomic mass is 35.5. The first-order valence-corrected chi connectivity index (χ1v) is 5.63. The molecule has 0 aliphatic carbocycles. The number of nitrogens with one attached hydrogen (secondary N) is 2. The Morgan fingerprint density at radius 3 is 2.94 bits per heavy atom. The second-order valence-electron chi connectivity index (χ2n) is 3.72. The maximum Gasteiger partial charge on any atom is 0.230 e. The van der Waals surface area contributed by atoms with Crippen LogP contribution in [0.1, 0.15) is 12.8 Å². The van der Waals surface area contributed by atoms with E-state index >= 15 is 0 Å². The number of piperidine rings is 1. The highest BCUT2D eigenvalue weighted by Gasteiger charge is 2.21. The molecule has 5 nitrogen and oxygen atoms in total. The Labute approximate surface area is 98.6 Å². The van der Waals surface area contributed by atoms with Gasteiger partial charge in [-0.2, -0.15) is 0 Å². The van der Waals surface area contributed by atoms with E-state index in [0.29, 0.717) is 5.15 Å². The molecule has 0 spiro atoms. The summed E-state index contributed by atoms with van der Waals surface area (Å²) in [6.07, 6.45) is 3.23. The van der Waals surface area contributed by atoms with E-state index in [4.69, 9.17) is 11.6 Å². The van der Waals surface area contributed by atoms with Gasteiger partial charge in [0.15, 0.2) is 0 Å². The highest BCUT2D eigenvalue weighted by molar-refractivity contribution is 6.29. The van der Waals surface area contributed by atoms with Gasteiger partial charge in [0.05, 0.1) is 0 Å². The van der Waals surface area contributed by atoms with E-state index in [1.807, 2.05) is 0 Å². The van der Waals surface area contributed by atoms with Gasteiger partial charge in [-0.3, -0.25) is 10.1 Å². The molecule has 2 rings (SSSR count). The first kappa shape index (κ1) is 11.3. The van der Waals surface area contributed by atoms with Gasteiger partial charge in [0, 0.05) is 12.1 Å². The maximum atomic E-state index is 11.8. The Morgan fingerprint density at radius 2 is 2.25 bits per heavy atom. The molecule has 1 fully saturated rings. The average molecular weight is 241 g/mol. The van der Waals surface area contributed by atoms with Crippen LogP contribution in [-0.2, 0) is 4.79 Å². The van der Waals surface area contributed by atoms with E-state index < -0.39 is 0 Å². The van der Waals surface area contributed by atoms with Gasteiger partial charge in [-0.25, -0.2) is 9.97 Å². The summed E-state index contributed by atoms with van der Waals surface area (Å²) in [6, 6.07) is 1.57. The lowest BCUT2D eigenvalue weighted by molar-refractivity contribution is -0.120. The van der Waals surface area contributed by atoms with Crippen LogP contribution in [0.25, 0.3) is 0 Å². The quantitative estimate of drug-likeness (QED) is 0.759. The molecule has 1 saturated heterocycles. The Morgan fingerprint density at radius 1 is 1.50 bits per heavy atom. The number of carbonyl (C=O) groups is 1. The SMILES string of the molecule is O=C(Nc1nccc(Cl)n1)C1CCNCC1. The minimum Gasteiger partial charge on any atom is -0.317 e. The Kier molecular flexibility index (Phi) is 3.69. The van der Waals surface area contributed by atoms with Crippen molar-refractivity contribution < 1.29 is 4.79 Å². The fourth-order valence-corrected chi connectivity index (χ4v) is 1.83. The third-order valence-corrected chi connectivity index (χ3v) is 2.78. The summed E-state index contributed by atoms with van der Waals surface area (Å²) >= 11 is 5.70. The normalized spacial score (nSPS) is 17.1. The van der Waals surface area contributed by atoms with Crippen molar-refractivity contribution in [2.75, 3.05) is 18.4 Å². The Balaban J connectivity index is 1.96. The van der Waals surface area contributed by atoms with E-state index in [0.717, 1.165) is 25.9 Å². The zero-order valence-corrected chi connectivity index (χ0v) is 9.50. The van der Waals surface area contributed by atoms with Crippen LogP contribution in [-0.4, -0.2) is 29.0 Å². The Hall–Kier alpha value is -1.20. The fraction of sp³-hybridized carbons (Fsp3) is 0.500. The molecule has 2 heterocycles. The molecular formula is C10H13ClN4O. The first-order valence-electron chi connectivity index (χ1n) is 5.26. The van der Waals surface area contributed by atoms with Gasteiger partial charge in [-0.15, -0.1) is 0 Å². The van der Waals surface area contributed by atoms with Gasteiger partial charge in [-0.1, -0.05) is 11.6 Å². The predicted molar refractivity (Wildman–Crippen MR) is 61.3 cm³/mol. The standard InChI is InChI=1S/C10H13ClN4O/c11-8-3-6-13-10(14-8)15-9(16)7-1-4-12-5-2-7/h3,6-7,12H,1-2,4-5H2,(H,13,14,15,16). The zero-order chi connectivity index (χ0) is 11.4. The van der Waals surface area contributed by atoms with Crippen molar-refractivity contribution in [2.24, 2.45) is 5.92 Å². The van der Waals surface area contributed by atoms with Gasteiger partial charge < -0.3 is 5.32 Å². The fourth-order valence-electron chi connectivity index (χ4n) is 1.69. The summed E-state index contributed by atoms with van der Waals surface area (Å²) in [7, 11) is 0. The topological polar surface area (TPSA) is 66.9 Å². The van der Waals surface area contributed by atoms with Gasteiger partial charge in [-0.05, 0) is 32.0 Å². The largest absolute Gasteiger partial charge is 0.317 e. The van der Waals surface area contributed by atoms with Gasteiger partial charge in [0.2, 0.25) is 11.9 Å². The first-order chi connectivity index (χ1) is 7.75. The van der Waals surface area contributed by atoms with E-state index in [9.17, 15) is 4.79 Å². The minimum absolute atomic E-state index is 0.0243. The summed E-state index contributed by atoms with van der Waals surface area (Å²) in [5.41, 5.74) is 0. The number of aromatic nitrogens is 2. The van der Waals surface area contributed by atoms with Crippen LogP contribution in [0, 0.1) is 5.92 Å². The summed E-state index contributed by atoms with van der Waals surface area (Å²) in [5.74, 6) is 0.295. The van der Waals surface area contributed by atoms with E-state index in [1.54, 1.807) is 6.07 Å². The van der Waals surface area contributed by atoms with Crippen LogP contribution >= 0.6 is 11.6 Å². The molecule has 1 amide bonds. The number of nitrogens with zero attached hydrogens (tertiary/aromatic N) is 2. The molecule has 0 radical (unpaired) electrons. The lowest BCUT2D eigenvalue weighted by Gasteiger charge is -2.21. The minimum atomic E-state index is -0.0243. The molecule has 0 saturated carbocycles. The van der Waals surface area contributed by atoms with Crippen LogP contribution in [0.3, 0.4) is 0 Å². The van der Waals surface area contributed by atoms with Crippen molar-refractivity contribution in [3.8, 4) is 0 Å². The predicted octanol–water partition coefficient (Wildman–Crippen LogP) is 1.07. The molecule has 1 aliphatic rings. The summed E-state index contributed by atoms with van der Waals surface area (Å²) < 4.78 is 0. The van der Waals surface area contributed by atoms with Crippen LogP contribution < -0.4 is 10.6 Å². The number of hydrogen-bond donors (Lipinski definition) is 2. The molecule has 0 bridgehead atoms. The summed E-state index contributed by atoms with van der Waals surface area (Å²) in [5, 5.41) is 6.22. The number of carbonyl (C=O) groups excluding carboxylic acids is 1. The molecule has 0 atom stereocenters. The summed E-state index contributed by atoms with van der Waals surface area (Å²) in [4.78, 5) is 19.7. The molecule has 1 aliphatic heterocycles. The van der Waals surface area contributed by atoms with Crippen molar-refractivity contribution in [1.82, 2.24) is 15.3 Å².